The number of anilines is 1. The zero-order chi connectivity index (χ0) is 20.9. The van der Waals surface area contributed by atoms with E-state index in [1.54, 1.807) is 6.20 Å². The van der Waals surface area contributed by atoms with Gasteiger partial charge in [0.1, 0.15) is 5.82 Å². The van der Waals surface area contributed by atoms with Gasteiger partial charge in [-0.3, -0.25) is 0 Å². The van der Waals surface area contributed by atoms with Gasteiger partial charge in [-0.25, -0.2) is 4.39 Å². The first-order valence-corrected chi connectivity index (χ1v) is 10.9. The smallest absolute Gasteiger partial charge is 0.139 e. The summed E-state index contributed by atoms with van der Waals surface area (Å²) < 4.78 is 16.0. The molecule has 0 aliphatic heterocycles. The van der Waals surface area contributed by atoms with Crippen LogP contribution in [0.25, 0.3) is 16.6 Å². The third kappa shape index (κ3) is 4.25. The van der Waals surface area contributed by atoms with Crippen LogP contribution in [-0.2, 0) is 6.42 Å². The van der Waals surface area contributed by atoms with Crippen molar-refractivity contribution in [3.63, 3.8) is 0 Å². The molecule has 3 heteroatoms. The lowest BCUT2D eigenvalue weighted by Crippen LogP contribution is -2.24. The Balaban J connectivity index is 1.70. The van der Waals surface area contributed by atoms with E-state index in [0.717, 1.165) is 54.7 Å². The Morgan fingerprint density at radius 1 is 0.833 bits per heavy atom. The molecule has 0 unspecified atom stereocenters. The molecule has 2 aromatic carbocycles. The van der Waals surface area contributed by atoms with Crippen LogP contribution in [-0.4, -0.2) is 17.5 Å². The topological polar surface area (TPSA) is 7.65 Å². The maximum atomic E-state index is 14.0. The van der Waals surface area contributed by atoms with Crippen LogP contribution in [0, 0.1) is 5.82 Å². The number of hydrogen-bond donors (Lipinski definition) is 0. The number of hydrogen-bond acceptors (Lipinski definition) is 1. The third-order valence-corrected chi connectivity index (χ3v) is 5.58. The zero-order valence-electron chi connectivity index (χ0n) is 17.8. The number of benzene rings is 2. The summed E-state index contributed by atoms with van der Waals surface area (Å²) in [4.78, 5) is 2.45. The molecule has 0 fully saturated rings. The number of fused-ring (bicyclic) bond motifs is 1. The number of pyridine rings is 1. The van der Waals surface area contributed by atoms with Gasteiger partial charge in [-0.2, -0.15) is 0 Å². The zero-order valence-corrected chi connectivity index (χ0v) is 17.8. The van der Waals surface area contributed by atoms with Crippen LogP contribution in [0.4, 0.5) is 10.1 Å². The van der Waals surface area contributed by atoms with Crippen molar-refractivity contribution in [1.82, 2.24) is 4.40 Å². The average molecular weight is 401 g/mol. The Kier molecular flexibility index (Phi) is 6.18. The molecule has 2 nitrogen and oxygen atoms in total. The van der Waals surface area contributed by atoms with Gasteiger partial charge in [0.2, 0.25) is 0 Å². The second-order valence-electron chi connectivity index (χ2n) is 7.84. The first-order chi connectivity index (χ1) is 14.7. The van der Waals surface area contributed by atoms with E-state index in [9.17, 15) is 4.39 Å². The Hall–Kier alpha value is -3.07. The number of aromatic nitrogens is 1. The highest BCUT2D eigenvalue weighted by molar-refractivity contribution is 5.74. The first kappa shape index (κ1) is 20.2. The predicted molar refractivity (Wildman–Crippen MR) is 125 cm³/mol. The summed E-state index contributed by atoms with van der Waals surface area (Å²) >= 11 is 0. The highest BCUT2D eigenvalue weighted by Crippen LogP contribution is 2.30. The van der Waals surface area contributed by atoms with Crippen molar-refractivity contribution < 1.29 is 4.39 Å². The number of nitrogens with zero attached hydrogens (tertiary/aromatic N) is 2. The predicted octanol–water partition coefficient (Wildman–Crippen LogP) is 6.96. The molecule has 2 aromatic heterocycles. The molecule has 0 atom stereocenters. The second-order valence-corrected chi connectivity index (χ2v) is 7.84. The second kappa shape index (κ2) is 9.17. The van der Waals surface area contributed by atoms with Crippen molar-refractivity contribution in [3.05, 3.63) is 96.1 Å². The van der Waals surface area contributed by atoms with Gasteiger partial charge in [0.05, 0.1) is 0 Å². The van der Waals surface area contributed by atoms with E-state index in [1.165, 1.54) is 17.3 Å². The molecule has 0 bridgehead atoms. The summed E-state index contributed by atoms with van der Waals surface area (Å²) in [5.74, 6) is -0.218. The summed E-state index contributed by atoms with van der Waals surface area (Å²) in [6.07, 6.45) is 4.63. The average Bonchev–Trinajstić information content (AvgIpc) is 3.12. The third-order valence-electron chi connectivity index (χ3n) is 5.58. The van der Waals surface area contributed by atoms with E-state index in [4.69, 9.17) is 0 Å². The van der Waals surface area contributed by atoms with Crippen molar-refractivity contribution in [2.24, 2.45) is 0 Å². The number of halogens is 1. The van der Waals surface area contributed by atoms with Crippen LogP contribution in [0.15, 0.2) is 79.0 Å². The molecule has 0 radical (unpaired) electrons. The van der Waals surface area contributed by atoms with Crippen LogP contribution >= 0.6 is 0 Å². The van der Waals surface area contributed by atoms with Crippen LogP contribution in [0.5, 0.6) is 0 Å². The first-order valence-electron chi connectivity index (χ1n) is 10.9. The largest absolute Gasteiger partial charge is 0.372 e. The maximum absolute atomic E-state index is 14.0. The molecule has 0 aliphatic rings. The van der Waals surface area contributed by atoms with Gasteiger partial charge in [-0.05, 0) is 54.3 Å². The molecule has 4 rings (SSSR count). The van der Waals surface area contributed by atoms with Crippen LogP contribution in [0.1, 0.15) is 37.9 Å². The van der Waals surface area contributed by atoms with E-state index in [1.807, 2.05) is 28.7 Å². The van der Waals surface area contributed by atoms with Crippen LogP contribution in [0.2, 0.25) is 0 Å². The minimum Gasteiger partial charge on any atom is -0.372 e. The molecular weight excluding hydrogens is 371 g/mol. The lowest BCUT2D eigenvalue weighted by Gasteiger charge is -2.24. The molecule has 4 aromatic rings. The molecule has 0 aliphatic carbocycles. The van der Waals surface area contributed by atoms with Gasteiger partial charge in [-0.15, -0.1) is 0 Å². The van der Waals surface area contributed by atoms with E-state index in [0.29, 0.717) is 0 Å². The number of rotatable bonds is 8. The van der Waals surface area contributed by atoms with Crippen molar-refractivity contribution in [1.29, 1.82) is 0 Å². The molecule has 0 saturated carbocycles. The molecule has 0 N–H and O–H groups in total. The highest BCUT2D eigenvalue weighted by Gasteiger charge is 2.14. The maximum Gasteiger partial charge on any atom is 0.139 e. The van der Waals surface area contributed by atoms with E-state index in [2.05, 4.69) is 61.2 Å². The Labute approximate surface area is 178 Å². The van der Waals surface area contributed by atoms with Gasteiger partial charge in [0.15, 0.2) is 0 Å². The standard InChI is InChI=1S/C27H29FN2/c1-3-16-29(17-4-2)24-13-10-21(11-14-24)18-27-26(22-8-6-5-7-9-22)19-25-15-12-23(28)20-30(25)27/h5-15,19-20H,3-4,16-18H2,1-2H3. The quantitative estimate of drug-likeness (QED) is 0.310. The fraction of sp³-hybridized carbons (Fsp3) is 0.259. The molecule has 30 heavy (non-hydrogen) atoms. The van der Waals surface area contributed by atoms with Crippen LogP contribution < -0.4 is 4.90 Å². The van der Waals surface area contributed by atoms with E-state index >= 15 is 0 Å². The minimum atomic E-state index is -0.218. The molecule has 154 valence electrons. The van der Waals surface area contributed by atoms with Crippen molar-refractivity contribution >= 4 is 11.2 Å². The van der Waals surface area contributed by atoms with Gasteiger partial charge in [0.25, 0.3) is 0 Å². The Morgan fingerprint density at radius 2 is 1.53 bits per heavy atom. The Bertz CT molecular complexity index is 1090. The van der Waals surface area contributed by atoms with E-state index < -0.39 is 0 Å². The van der Waals surface area contributed by atoms with Crippen molar-refractivity contribution in [2.75, 3.05) is 18.0 Å². The summed E-state index contributed by atoms with van der Waals surface area (Å²) in [5.41, 5.74) is 6.94. The minimum absolute atomic E-state index is 0.218. The SMILES string of the molecule is CCCN(CCC)c1ccc(Cc2c(-c3ccccc3)cc3ccc(F)cn23)cc1. The van der Waals surface area contributed by atoms with Gasteiger partial charge in [0, 0.05) is 48.2 Å². The molecule has 2 heterocycles. The summed E-state index contributed by atoms with van der Waals surface area (Å²) in [6, 6.07) is 24.7. The normalized spacial score (nSPS) is 11.2. The van der Waals surface area contributed by atoms with Gasteiger partial charge >= 0.3 is 0 Å². The van der Waals surface area contributed by atoms with Crippen molar-refractivity contribution in [2.45, 2.75) is 33.1 Å². The van der Waals surface area contributed by atoms with Gasteiger partial charge in [-0.1, -0.05) is 56.3 Å². The molecule has 0 amide bonds. The Morgan fingerprint density at radius 3 is 2.20 bits per heavy atom. The van der Waals surface area contributed by atoms with E-state index in [-0.39, 0.29) is 5.82 Å². The van der Waals surface area contributed by atoms with Crippen LogP contribution in [0.3, 0.4) is 0 Å². The molecular formula is C27H29FN2. The fourth-order valence-corrected chi connectivity index (χ4v) is 4.17. The summed E-state index contributed by atoms with van der Waals surface area (Å²) in [5, 5.41) is 0. The lowest BCUT2D eigenvalue weighted by atomic mass is 10.0. The lowest BCUT2D eigenvalue weighted by molar-refractivity contribution is 0.618. The van der Waals surface area contributed by atoms with Gasteiger partial charge < -0.3 is 9.30 Å². The summed E-state index contributed by atoms with van der Waals surface area (Å²) in [7, 11) is 0. The monoisotopic (exact) mass is 400 g/mol. The summed E-state index contributed by atoms with van der Waals surface area (Å²) in [6.45, 7) is 6.60. The fourth-order valence-electron chi connectivity index (χ4n) is 4.17. The molecule has 0 spiro atoms. The molecule has 0 saturated heterocycles. The highest BCUT2D eigenvalue weighted by atomic mass is 19.1. The van der Waals surface area contributed by atoms with Crippen molar-refractivity contribution in [3.8, 4) is 11.1 Å².